The summed E-state index contributed by atoms with van der Waals surface area (Å²) in [6, 6.07) is 7.94. The van der Waals surface area contributed by atoms with Gasteiger partial charge in [0.1, 0.15) is 5.75 Å². The molecule has 0 radical (unpaired) electrons. The fourth-order valence-corrected chi connectivity index (χ4v) is 2.15. The van der Waals surface area contributed by atoms with Crippen molar-refractivity contribution >= 4 is 12.0 Å². The van der Waals surface area contributed by atoms with Crippen LogP contribution in [0.15, 0.2) is 30.3 Å². The molecule has 1 aromatic rings. The smallest absolute Gasteiger partial charge is 0.246 e. The Balaban J connectivity index is 1.94. The number of ether oxygens (including phenoxy) is 1. The lowest BCUT2D eigenvalue weighted by molar-refractivity contribution is -0.126. The van der Waals surface area contributed by atoms with Crippen LogP contribution in [0.2, 0.25) is 0 Å². The molecule has 1 aliphatic heterocycles. The number of methoxy groups -OCH3 is 1. The number of hydrogen-bond donors (Lipinski definition) is 1. The van der Waals surface area contributed by atoms with Gasteiger partial charge in [0.25, 0.3) is 0 Å². The minimum Gasteiger partial charge on any atom is -0.497 e. The first-order valence-electron chi connectivity index (χ1n) is 6.50. The van der Waals surface area contributed by atoms with Crippen molar-refractivity contribution in [2.24, 2.45) is 0 Å². The van der Waals surface area contributed by atoms with Crippen LogP contribution >= 0.6 is 0 Å². The summed E-state index contributed by atoms with van der Waals surface area (Å²) in [6.45, 7) is 1.88. The van der Waals surface area contributed by atoms with Gasteiger partial charge in [0.15, 0.2) is 0 Å². The molecule has 0 aromatic heterocycles. The van der Waals surface area contributed by atoms with Crippen molar-refractivity contribution in [3.05, 3.63) is 35.9 Å². The molecule has 1 aromatic carbocycles. The topological polar surface area (TPSA) is 41.6 Å². The van der Waals surface area contributed by atoms with E-state index in [2.05, 4.69) is 5.32 Å². The molecule has 1 N–H and O–H groups in total. The Labute approximate surface area is 114 Å². The highest BCUT2D eigenvalue weighted by Crippen LogP contribution is 2.13. The van der Waals surface area contributed by atoms with E-state index in [4.69, 9.17) is 4.74 Å². The number of rotatable bonds is 4. The second kappa shape index (κ2) is 6.38. The molecule has 1 saturated heterocycles. The van der Waals surface area contributed by atoms with Crippen LogP contribution in [0.5, 0.6) is 5.75 Å². The summed E-state index contributed by atoms with van der Waals surface area (Å²) in [5, 5.41) is 3.26. The lowest BCUT2D eigenvalue weighted by atomic mass is 10.2. The van der Waals surface area contributed by atoms with Crippen LogP contribution in [-0.4, -0.2) is 44.1 Å². The van der Waals surface area contributed by atoms with Gasteiger partial charge in [0, 0.05) is 25.7 Å². The third-order valence-electron chi connectivity index (χ3n) is 3.46. The van der Waals surface area contributed by atoms with Crippen LogP contribution < -0.4 is 10.1 Å². The molecule has 1 atom stereocenters. The van der Waals surface area contributed by atoms with E-state index in [1.165, 1.54) is 0 Å². The van der Waals surface area contributed by atoms with E-state index in [1.54, 1.807) is 18.1 Å². The van der Waals surface area contributed by atoms with Gasteiger partial charge in [-0.2, -0.15) is 0 Å². The van der Waals surface area contributed by atoms with Gasteiger partial charge in [-0.1, -0.05) is 12.1 Å². The van der Waals surface area contributed by atoms with Gasteiger partial charge in [-0.05, 0) is 36.7 Å². The Morgan fingerprint density at radius 2 is 2.16 bits per heavy atom. The predicted molar refractivity (Wildman–Crippen MR) is 76.1 cm³/mol. The fraction of sp³-hybridized carbons (Fsp3) is 0.400. The van der Waals surface area contributed by atoms with E-state index >= 15 is 0 Å². The molecule has 1 unspecified atom stereocenters. The molecular weight excluding hydrogens is 240 g/mol. The number of carbonyl (C=O) groups is 1. The van der Waals surface area contributed by atoms with Crippen LogP contribution in [0, 0.1) is 0 Å². The van der Waals surface area contributed by atoms with Gasteiger partial charge in [-0.25, -0.2) is 0 Å². The van der Waals surface area contributed by atoms with Gasteiger partial charge in [-0.15, -0.1) is 0 Å². The van der Waals surface area contributed by atoms with Crippen molar-refractivity contribution in [1.82, 2.24) is 10.2 Å². The zero-order chi connectivity index (χ0) is 13.7. The van der Waals surface area contributed by atoms with Crippen LogP contribution in [-0.2, 0) is 4.79 Å². The minimum absolute atomic E-state index is 0.0459. The average Bonchev–Trinajstić information content (AvgIpc) is 2.98. The predicted octanol–water partition coefficient (Wildman–Crippen LogP) is 1.53. The van der Waals surface area contributed by atoms with Crippen LogP contribution in [0.4, 0.5) is 0 Å². The second-order valence-corrected chi connectivity index (χ2v) is 4.70. The number of nitrogens with zero attached hydrogens (tertiary/aromatic N) is 1. The molecule has 1 amide bonds. The highest BCUT2D eigenvalue weighted by Gasteiger charge is 2.21. The SMILES string of the molecule is COc1ccc(/C=C/C(=O)N(C)C2CCNC2)cc1. The highest BCUT2D eigenvalue weighted by molar-refractivity contribution is 5.91. The first kappa shape index (κ1) is 13.6. The van der Waals surface area contributed by atoms with Crippen molar-refractivity contribution in [2.45, 2.75) is 12.5 Å². The lowest BCUT2D eigenvalue weighted by Gasteiger charge is -2.22. The van der Waals surface area contributed by atoms with Crippen molar-refractivity contribution in [3.63, 3.8) is 0 Å². The van der Waals surface area contributed by atoms with E-state index in [-0.39, 0.29) is 5.91 Å². The molecule has 0 spiro atoms. The van der Waals surface area contributed by atoms with Crippen molar-refractivity contribution < 1.29 is 9.53 Å². The molecule has 0 aliphatic carbocycles. The third-order valence-corrected chi connectivity index (χ3v) is 3.46. The number of nitrogens with one attached hydrogen (secondary N) is 1. The summed E-state index contributed by atoms with van der Waals surface area (Å²) in [7, 11) is 3.50. The highest BCUT2D eigenvalue weighted by atomic mass is 16.5. The fourth-order valence-electron chi connectivity index (χ4n) is 2.15. The first-order valence-corrected chi connectivity index (χ1v) is 6.50. The first-order chi connectivity index (χ1) is 9.20. The molecule has 4 nitrogen and oxygen atoms in total. The average molecular weight is 260 g/mol. The Bertz CT molecular complexity index is 448. The molecule has 0 bridgehead atoms. The Hall–Kier alpha value is -1.81. The maximum absolute atomic E-state index is 12.0. The summed E-state index contributed by atoms with van der Waals surface area (Å²) < 4.78 is 5.09. The summed E-state index contributed by atoms with van der Waals surface area (Å²) >= 11 is 0. The van der Waals surface area contributed by atoms with E-state index in [1.807, 2.05) is 37.4 Å². The zero-order valence-electron chi connectivity index (χ0n) is 11.4. The molecule has 19 heavy (non-hydrogen) atoms. The molecular formula is C15H20N2O2. The molecule has 1 fully saturated rings. The lowest BCUT2D eigenvalue weighted by Crippen LogP contribution is -2.37. The Kier molecular flexibility index (Phi) is 4.58. The normalized spacial score (nSPS) is 18.7. The molecule has 1 aliphatic rings. The summed E-state index contributed by atoms with van der Waals surface area (Å²) in [4.78, 5) is 13.8. The maximum atomic E-state index is 12.0. The zero-order valence-corrected chi connectivity index (χ0v) is 11.4. The van der Waals surface area contributed by atoms with E-state index in [0.717, 1.165) is 30.8 Å². The molecule has 1 heterocycles. The summed E-state index contributed by atoms with van der Waals surface area (Å²) in [5.74, 6) is 0.863. The van der Waals surface area contributed by atoms with E-state index < -0.39 is 0 Å². The number of carbonyl (C=O) groups excluding carboxylic acids is 1. The largest absolute Gasteiger partial charge is 0.497 e. The third kappa shape index (κ3) is 3.58. The van der Waals surface area contributed by atoms with Crippen molar-refractivity contribution in [2.75, 3.05) is 27.2 Å². The summed E-state index contributed by atoms with van der Waals surface area (Å²) in [6.07, 6.45) is 4.49. The maximum Gasteiger partial charge on any atom is 0.246 e. The van der Waals surface area contributed by atoms with Gasteiger partial charge in [0.2, 0.25) is 5.91 Å². The van der Waals surface area contributed by atoms with Gasteiger partial charge in [0.05, 0.1) is 7.11 Å². The molecule has 2 rings (SSSR count). The van der Waals surface area contributed by atoms with Crippen molar-refractivity contribution in [3.8, 4) is 5.75 Å². The molecule has 0 saturated carbocycles. The van der Waals surface area contributed by atoms with Crippen LogP contribution in [0.25, 0.3) is 6.08 Å². The number of benzene rings is 1. The number of amides is 1. The Morgan fingerprint density at radius 1 is 1.42 bits per heavy atom. The van der Waals surface area contributed by atoms with Gasteiger partial charge < -0.3 is 15.0 Å². The quantitative estimate of drug-likeness (QED) is 0.835. The van der Waals surface area contributed by atoms with Gasteiger partial charge >= 0.3 is 0 Å². The minimum atomic E-state index is 0.0459. The molecule has 102 valence electrons. The van der Waals surface area contributed by atoms with E-state index in [0.29, 0.717) is 6.04 Å². The van der Waals surface area contributed by atoms with Crippen LogP contribution in [0.3, 0.4) is 0 Å². The van der Waals surface area contributed by atoms with E-state index in [9.17, 15) is 4.79 Å². The van der Waals surface area contributed by atoms with Crippen molar-refractivity contribution in [1.29, 1.82) is 0 Å². The van der Waals surface area contributed by atoms with Gasteiger partial charge in [-0.3, -0.25) is 4.79 Å². The second-order valence-electron chi connectivity index (χ2n) is 4.70. The number of hydrogen-bond acceptors (Lipinski definition) is 3. The van der Waals surface area contributed by atoms with Crippen LogP contribution in [0.1, 0.15) is 12.0 Å². The monoisotopic (exact) mass is 260 g/mol. The summed E-state index contributed by atoms with van der Waals surface area (Å²) in [5.41, 5.74) is 0.993. The standard InChI is InChI=1S/C15H20N2O2/c1-17(13-9-10-16-11-13)15(18)8-5-12-3-6-14(19-2)7-4-12/h3-8,13,16H,9-11H2,1-2H3/b8-5+. The number of likely N-dealkylation sites (N-methyl/N-ethyl adjacent to an activating group) is 1. The Morgan fingerprint density at radius 3 is 2.74 bits per heavy atom. The molecule has 4 heteroatoms.